The number of fused-ring (bicyclic) bond motifs is 1. The number of benzene rings is 2. The van der Waals surface area contributed by atoms with Crippen LogP contribution in [0.4, 0.5) is 19.6 Å². The van der Waals surface area contributed by atoms with E-state index >= 15 is 0 Å². The van der Waals surface area contributed by atoms with E-state index < -0.39 is 17.5 Å². The van der Waals surface area contributed by atoms with Crippen molar-refractivity contribution in [2.24, 2.45) is 5.92 Å². The standard InChI is InChI=1S/C22H17F2N3O2S/c23-15-4-5-16(17(24)10-15)20(28)26-22-25-18(11-30-22)13-3-6-19-14(9-13)7-8-27(19)21(29)12-1-2-12/h3-6,9-12H,1-2,7-8H2,(H,25,26,28). The van der Waals surface area contributed by atoms with Crippen LogP contribution in [0.2, 0.25) is 0 Å². The van der Waals surface area contributed by atoms with Crippen LogP contribution in [0.25, 0.3) is 11.3 Å². The zero-order valence-electron chi connectivity index (χ0n) is 15.8. The van der Waals surface area contributed by atoms with Gasteiger partial charge in [-0.05, 0) is 49.1 Å². The maximum atomic E-state index is 13.8. The van der Waals surface area contributed by atoms with Gasteiger partial charge in [0.15, 0.2) is 5.13 Å². The molecule has 2 aromatic carbocycles. The summed E-state index contributed by atoms with van der Waals surface area (Å²) in [5, 5.41) is 4.69. The molecule has 5 nitrogen and oxygen atoms in total. The van der Waals surface area contributed by atoms with Crippen LogP contribution in [0, 0.1) is 17.6 Å². The molecule has 1 aliphatic heterocycles. The topological polar surface area (TPSA) is 62.3 Å². The number of nitrogens with zero attached hydrogens (tertiary/aromatic N) is 2. The Morgan fingerprint density at radius 3 is 2.73 bits per heavy atom. The van der Waals surface area contributed by atoms with Crippen LogP contribution in [-0.4, -0.2) is 23.3 Å². The molecule has 0 bridgehead atoms. The van der Waals surface area contributed by atoms with Crippen molar-refractivity contribution in [3.63, 3.8) is 0 Å². The molecule has 0 saturated heterocycles. The Morgan fingerprint density at radius 1 is 1.13 bits per heavy atom. The highest BCUT2D eigenvalue weighted by molar-refractivity contribution is 7.14. The molecule has 0 atom stereocenters. The van der Waals surface area contributed by atoms with E-state index in [2.05, 4.69) is 10.3 Å². The molecule has 1 aromatic heterocycles. The van der Waals surface area contributed by atoms with Gasteiger partial charge in [-0.2, -0.15) is 0 Å². The minimum Gasteiger partial charge on any atom is -0.312 e. The smallest absolute Gasteiger partial charge is 0.260 e. The fourth-order valence-electron chi connectivity index (χ4n) is 3.64. The molecule has 1 saturated carbocycles. The highest BCUT2D eigenvalue weighted by atomic mass is 32.1. The summed E-state index contributed by atoms with van der Waals surface area (Å²) in [5.74, 6) is -1.95. The first-order chi connectivity index (χ1) is 14.5. The number of amides is 2. The molecule has 0 unspecified atom stereocenters. The third-order valence-electron chi connectivity index (χ3n) is 5.36. The molecule has 152 valence electrons. The van der Waals surface area contributed by atoms with Crippen molar-refractivity contribution in [2.75, 3.05) is 16.8 Å². The monoisotopic (exact) mass is 425 g/mol. The van der Waals surface area contributed by atoms with Crippen LogP contribution in [0.3, 0.4) is 0 Å². The predicted molar refractivity (Wildman–Crippen MR) is 111 cm³/mol. The molecule has 1 N–H and O–H groups in total. The van der Waals surface area contributed by atoms with Crippen LogP contribution < -0.4 is 10.2 Å². The minimum atomic E-state index is -0.923. The summed E-state index contributed by atoms with van der Waals surface area (Å²) < 4.78 is 26.8. The number of hydrogen-bond donors (Lipinski definition) is 1. The first kappa shape index (κ1) is 18.9. The molecule has 8 heteroatoms. The first-order valence-corrected chi connectivity index (χ1v) is 10.5. The van der Waals surface area contributed by atoms with Gasteiger partial charge < -0.3 is 4.90 Å². The average Bonchev–Trinajstić information content (AvgIpc) is 3.33. The van der Waals surface area contributed by atoms with Crippen LogP contribution in [0.15, 0.2) is 41.8 Å². The van der Waals surface area contributed by atoms with E-state index in [4.69, 9.17) is 0 Å². The summed E-state index contributed by atoms with van der Waals surface area (Å²) in [4.78, 5) is 31.0. The number of anilines is 2. The van der Waals surface area contributed by atoms with Gasteiger partial charge in [-0.25, -0.2) is 13.8 Å². The average molecular weight is 425 g/mol. The van der Waals surface area contributed by atoms with Crippen LogP contribution in [-0.2, 0) is 11.2 Å². The van der Waals surface area contributed by atoms with Gasteiger partial charge in [0.05, 0.1) is 11.3 Å². The van der Waals surface area contributed by atoms with E-state index in [1.54, 1.807) is 5.38 Å². The van der Waals surface area contributed by atoms with E-state index in [1.807, 2.05) is 23.1 Å². The fraction of sp³-hybridized carbons (Fsp3) is 0.227. The van der Waals surface area contributed by atoms with E-state index in [0.717, 1.165) is 48.2 Å². The van der Waals surface area contributed by atoms with Crippen LogP contribution >= 0.6 is 11.3 Å². The van der Waals surface area contributed by atoms with Crippen molar-refractivity contribution < 1.29 is 18.4 Å². The number of rotatable bonds is 4. The number of aromatic nitrogens is 1. The van der Waals surface area contributed by atoms with E-state index in [-0.39, 0.29) is 17.4 Å². The Labute approximate surface area is 175 Å². The maximum Gasteiger partial charge on any atom is 0.260 e. The van der Waals surface area contributed by atoms with Gasteiger partial charge in [-0.3, -0.25) is 14.9 Å². The van der Waals surface area contributed by atoms with Crippen LogP contribution in [0.5, 0.6) is 0 Å². The summed E-state index contributed by atoms with van der Waals surface area (Å²) in [5.41, 5.74) is 3.40. The molecule has 5 rings (SSSR count). The van der Waals surface area contributed by atoms with E-state index in [1.165, 1.54) is 11.3 Å². The number of hydrogen-bond acceptors (Lipinski definition) is 4. The Hall–Kier alpha value is -3.13. The zero-order valence-corrected chi connectivity index (χ0v) is 16.6. The molecule has 0 radical (unpaired) electrons. The number of carbonyl (C=O) groups excluding carboxylic acids is 2. The van der Waals surface area contributed by atoms with Crippen molar-refractivity contribution in [3.8, 4) is 11.3 Å². The Kier molecular flexibility index (Phi) is 4.58. The fourth-order valence-corrected chi connectivity index (χ4v) is 4.36. The highest BCUT2D eigenvalue weighted by Gasteiger charge is 2.36. The number of nitrogens with one attached hydrogen (secondary N) is 1. The summed E-state index contributed by atoms with van der Waals surface area (Å²) in [6.45, 7) is 0.704. The van der Waals surface area contributed by atoms with Gasteiger partial charge in [0.2, 0.25) is 5.91 Å². The molecule has 2 amide bonds. The van der Waals surface area contributed by atoms with Crippen LogP contribution in [0.1, 0.15) is 28.8 Å². The van der Waals surface area contributed by atoms with Crippen molar-refractivity contribution in [1.82, 2.24) is 4.98 Å². The number of carbonyl (C=O) groups is 2. The summed E-state index contributed by atoms with van der Waals surface area (Å²) >= 11 is 1.22. The predicted octanol–water partition coefficient (Wildman–Crippen LogP) is 4.64. The molecular weight excluding hydrogens is 408 g/mol. The summed E-state index contributed by atoms with van der Waals surface area (Å²) in [7, 11) is 0. The van der Waals surface area contributed by atoms with E-state index in [9.17, 15) is 18.4 Å². The largest absolute Gasteiger partial charge is 0.312 e. The van der Waals surface area contributed by atoms with Crippen molar-refractivity contribution in [1.29, 1.82) is 0 Å². The Bertz CT molecular complexity index is 1170. The SMILES string of the molecule is O=C(Nc1nc(-c2ccc3c(c2)CCN3C(=O)C2CC2)cs1)c1ccc(F)cc1F. The molecule has 1 aliphatic carbocycles. The molecular formula is C22H17F2N3O2S. The van der Waals surface area contributed by atoms with Crippen molar-refractivity contribution in [3.05, 3.63) is 64.5 Å². The number of thiazole rings is 1. The van der Waals surface area contributed by atoms with Gasteiger partial charge in [0.1, 0.15) is 11.6 Å². The molecule has 3 aromatic rings. The van der Waals surface area contributed by atoms with Crippen molar-refractivity contribution >= 4 is 34.0 Å². The first-order valence-electron chi connectivity index (χ1n) is 9.66. The summed E-state index contributed by atoms with van der Waals surface area (Å²) in [6.07, 6.45) is 2.77. The van der Waals surface area contributed by atoms with E-state index in [0.29, 0.717) is 23.4 Å². The second kappa shape index (κ2) is 7.28. The van der Waals surface area contributed by atoms with Crippen molar-refractivity contribution in [2.45, 2.75) is 19.3 Å². The lowest BCUT2D eigenvalue weighted by Gasteiger charge is -2.17. The summed E-state index contributed by atoms with van der Waals surface area (Å²) in [6, 6.07) is 8.69. The molecule has 2 aliphatic rings. The van der Waals surface area contributed by atoms with Gasteiger partial charge >= 0.3 is 0 Å². The molecule has 2 heterocycles. The second-order valence-electron chi connectivity index (χ2n) is 7.47. The van der Waals surface area contributed by atoms with Gasteiger partial charge in [-0.1, -0.05) is 6.07 Å². The lowest BCUT2D eigenvalue weighted by Crippen LogP contribution is -2.30. The third kappa shape index (κ3) is 3.47. The number of halogens is 2. The Morgan fingerprint density at radius 2 is 1.97 bits per heavy atom. The highest BCUT2D eigenvalue weighted by Crippen LogP contribution is 2.38. The third-order valence-corrected chi connectivity index (χ3v) is 6.12. The molecule has 30 heavy (non-hydrogen) atoms. The van der Waals surface area contributed by atoms with Gasteiger partial charge in [-0.15, -0.1) is 11.3 Å². The minimum absolute atomic E-state index is 0.186. The van der Waals surface area contributed by atoms with Gasteiger partial charge in [0.25, 0.3) is 5.91 Å². The maximum absolute atomic E-state index is 13.8. The normalized spacial score (nSPS) is 15.2. The second-order valence-corrected chi connectivity index (χ2v) is 8.33. The quantitative estimate of drug-likeness (QED) is 0.663. The Balaban J connectivity index is 1.33. The molecule has 0 spiro atoms. The molecule has 1 fully saturated rings. The zero-order chi connectivity index (χ0) is 20.8. The lowest BCUT2D eigenvalue weighted by atomic mass is 10.1. The lowest BCUT2D eigenvalue weighted by molar-refractivity contribution is -0.119. The van der Waals surface area contributed by atoms with Gasteiger partial charge in [0, 0.05) is 35.2 Å².